The predicted octanol–water partition coefficient (Wildman–Crippen LogP) is 5.93. The minimum atomic E-state index is -0.914. The molecule has 2 aliphatic rings. The van der Waals surface area contributed by atoms with Crippen LogP contribution in [-0.4, -0.2) is 41.4 Å². The van der Waals surface area contributed by atoms with Crippen LogP contribution >= 0.6 is 0 Å². The summed E-state index contributed by atoms with van der Waals surface area (Å²) in [6.45, 7) is 10.00. The zero-order chi connectivity index (χ0) is 24.2. The van der Waals surface area contributed by atoms with Crippen LogP contribution < -0.4 is 0 Å². The van der Waals surface area contributed by atoms with Crippen LogP contribution in [-0.2, 0) is 25.6 Å². The molecule has 1 aromatic rings. The van der Waals surface area contributed by atoms with Gasteiger partial charge in [-0.1, -0.05) is 76.3 Å². The Hall–Kier alpha value is -2.08. The second-order valence-electron chi connectivity index (χ2n) is 10.5. The summed E-state index contributed by atoms with van der Waals surface area (Å²) in [5.41, 5.74) is -0.841. The van der Waals surface area contributed by atoms with E-state index >= 15 is 0 Å². The summed E-state index contributed by atoms with van der Waals surface area (Å²) in [4.78, 5) is 28.7. The third-order valence-electron chi connectivity index (χ3n) is 7.51. The van der Waals surface area contributed by atoms with Crippen molar-refractivity contribution in [3.63, 3.8) is 0 Å². The molecule has 1 aromatic carbocycles. The van der Waals surface area contributed by atoms with Gasteiger partial charge in [-0.15, -0.1) is 0 Å². The SMILES string of the molecule is COC(=O)[C@@H](C(C)C)[C@@]1(CC2CCCCC2)[C@H](C)OC(C)(C)N1C(=O)OCc1ccccc1. The van der Waals surface area contributed by atoms with Crippen molar-refractivity contribution in [2.24, 2.45) is 17.8 Å². The molecular formula is C27H41NO5. The number of carbonyl (C=O) groups excluding carboxylic acids is 2. The Morgan fingerprint density at radius 1 is 1.12 bits per heavy atom. The lowest BCUT2D eigenvalue weighted by Gasteiger charge is -2.49. The monoisotopic (exact) mass is 459 g/mol. The molecule has 1 saturated heterocycles. The fraction of sp³-hybridized carbons (Fsp3) is 0.704. The fourth-order valence-electron chi connectivity index (χ4n) is 6.25. The van der Waals surface area contributed by atoms with Crippen LogP contribution in [0.5, 0.6) is 0 Å². The van der Waals surface area contributed by atoms with Crippen LogP contribution in [0, 0.1) is 17.8 Å². The highest BCUT2D eigenvalue weighted by Gasteiger charge is 2.65. The van der Waals surface area contributed by atoms with Crippen molar-refractivity contribution in [3.8, 4) is 0 Å². The lowest BCUT2D eigenvalue weighted by Crippen LogP contribution is -2.64. The number of rotatable bonds is 7. The standard InChI is InChI=1S/C27H41NO5/c1-19(2)23(24(29)31-6)27(17-21-13-9-7-10-14-21)20(3)33-26(4,5)28(27)25(30)32-18-22-15-11-8-12-16-22/h8,11-12,15-16,19-21,23H,7,9-10,13-14,17-18H2,1-6H3/t20-,23+,27+/m0/s1. The Labute approximate surface area is 199 Å². The predicted molar refractivity (Wildman–Crippen MR) is 127 cm³/mol. The minimum absolute atomic E-state index is 0.0367. The molecule has 1 aliphatic heterocycles. The maximum Gasteiger partial charge on any atom is 0.412 e. The van der Waals surface area contributed by atoms with Crippen LogP contribution in [0.4, 0.5) is 4.79 Å². The van der Waals surface area contributed by atoms with Crippen LogP contribution in [0.25, 0.3) is 0 Å². The molecule has 1 heterocycles. The Morgan fingerprint density at radius 2 is 1.76 bits per heavy atom. The number of ether oxygens (including phenoxy) is 3. The Morgan fingerprint density at radius 3 is 2.33 bits per heavy atom. The van der Waals surface area contributed by atoms with Gasteiger partial charge in [-0.25, -0.2) is 4.79 Å². The van der Waals surface area contributed by atoms with Gasteiger partial charge in [0.15, 0.2) is 0 Å². The lowest BCUT2D eigenvalue weighted by molar-refractivity contribution is -0.155. The quantitative estimate of drug-likeness (QED) is 0.473. The average molecular weight is 460 g/mol. The van der Waals surface area contributed by atoms with Gasteiger partial charge in [-0.3, -0.25) is 9.69 Å². The molecule has 6 nitrogen and oxygen atoms in total. The van der Waals surface area contributed by atoms with Gasteiger partial charge in [0.05, 0.1) is 24.7 Å². The largest absolute Gasteiger partial charge is 0.469 e. The van der Waals surface area contributed by atoms with Gasteiger partial charge in [-0.2, -0.15) is 0 Å². The number of hydrogen-bond acceptors (Lipinski definition) is 5. The third kappa shape index (κ3) is 5.21. The van der Waals surface area contributed by atoms with E-state index < -0.39 is 23.3 Å². The molecule has 33 heavy (non-hydrogen) atoms. The van der Waals surface area contributed by atoms with Gasteiger partial charge < -0.3 is 14.2 Å². The van der Waals surface area contributed by atoms with Gasteiger partial charge in [0.2, 0.25) is 0 Å². The third-order valence-corrected chi connectivity index (χ3v) is 7.51. The molecule has 6 heteroatoms. The summed E-state index contributed by atoms with van der Waals surface area (Å²) in [6.07, 6.45) is 5.74. The van der Waals surface area contributed by atoms with Crippen molar-refractivity contribution in [3.05, 3.63) is 35.9 Å². The minimum Gasteiger partial charge on any atom is -0.469 e. The van der Waals surface area contributed by atoms with E-state index in [0.29, 0.717) is 12.3 Å². The first-order valence-corrected chi connectivity index (χ1v) is 12.4. The highest BCUT2D eigenvalue weighted by molar-refractivity contribution is 5.78. The summed E-state index contributed by atoms with van der Waals surface area (Å²) < 4.78 is 17.6. The van der Waals surface area contributed by atoms with E-state index in [2.05, 4.69) is 0 Å². The van der Waals surface area contributed by atoms with Crippen LogP contribution in [0.3, 0.4) is 0 Å². The second-order valence-corrected chi connectivity index (χ2v) is 10.5. The molecule has 0 N–H and O–H groups in total. The fourth-order valence-corrected chi connectivity index (χ4v) is 6.25. The summed E-state index contributed by atoms with van der Waals surface area (Å²) in [5.74, 6) is -0.431. The summed E-state index contributed by atoms with van der Waals surface area (Å²) >= 11 is 0. The number of esters is 1. The normalized spacial score (nSPS) is 26.3. The van der Waals surface area contributed by atoms with E-state index in [1.807, 2.05) is 65.0 Å². The van der Waals surface area contributed by atoms with Crippen molar-refractivity contribution in [2.45, 2.75) is 97.1 Å². The molecule has 184 valence electrons. The van der Waals surface area contributed by atoms with Crippen molar-refractivity contribution in [1.29, 1.82) is 0 Å². The van der Waals surface area contributed by atoms with Crippen molar-refractivity contribution >= 4 is 12.1 Å². The Bertz CT molecular complexity index is 802. The van der Waals surface area contributed by atoms with Gasteiger partial charge in [0.25, 0.3) is 0 Å². The summed E-state index contributed by atoms with van der Waals surface area (Å²) in [5, 5.41) is 0. The van der Waals surface area contributed by atoms with Crippen LogP contribution in [0.15, 0.2) is 30.3 Å². The zero-order valence-corrected chi connectivity index (χ0v) is 21.1. The van der Waals surface area contributed by atoms with Crippen molar-refractivity contribution in [1.82, 2.24) is 4.90 Å². The van der Waals surface area contributed by atoms with Crippen LogP contribution in [0.1, 0.15) is 78.7 Å². The maximum atomic E-state index is 13.7. The topological polar surface area (TPSA) is 65.1 Å². The van der Waals surface area contributed by atoms with E-state index in [9.17, 15) is 9.59 Å². The lowest BCUT2D eigenvalue weighted by atomic mass is 9.66. The number of carbonyl (C=O) groups is 2. The van der Waals surface area contributed by atoms with Crippen molar-refractivity contribution < 1.29 is 23.8 Å². The van der Waals surface area contributed by atoms with E-state index in [1.165, 1.54) is 26.4 Å². The first kappa shape index (κ1) is 25.5. The number of nitrogens with zero attached hydrogens (tertiary/aromatic N) is 1. The molecule has 2 fully saturated rings. The first-order chi connectivity index (χ1) is 15.6. The molecule has 0 radical (unpaired) electrons. The Kier molecular flexibility index (Phi) is 8.09. The Balaban J connectivity index is 2.03. The highest BCUT2D eigenvalue weighted by atomic mass is 16.6. The van der Waals surface area contributed by atoms with Gasteiger partial charge in [0, 0.05) is 0 Å². The number of hydrogen-bond donors (Lipinski definition) is 0. The van der Waals surface area contributed by atoms with E-state index in [4.69, 9.17) is 14.2 Å². The molecule has 0 aromatic heterocycles. The van der Waals surface area contributed by atoms with E-state index in [-0.39, 0.29) is 24.6 Å². The van der Waals surface area contributed by atoms with Gasteiger partial charge in [-0.05, 0) is 44.6 Å². The molecule has 1 saturated carbocycles. The van der Waals surface area contributed by atoms with E-state index in [0.717, 1.165) is 18.4 Å². The average Bonchev–Trinajstić information content (AvgIpc) is 2.97. The highest BCUT2D eigenvalue weighted by Crippen LogP contribution is 2.52. The first-order valence-electron chi connectivity index (χ1n) is 12.4. The summed E-state index contributed by atoms with van der Waals surface area (Å²) in [6, 6.07) is 9.65. The summed E-state index contributed by atoms with van der Waals surface area (Å²) in [7, 11) is 1.43. The molecule has 3 rings (SSSR count). The molecular weight excluding hydrogens is 418 g/mol. The molecule has 0 spiro atoms. The number of amides is 1. The maximum absolute atomic E-state index is 13.7. The number of benzene rings is 1. The number of methoxy groups -OCH3 is 1. The van der Waals surface area contributed by atoms with Gasteiger partial charge >= 0.3 is 12.1 Å². The smallest absolute Gasteiger partial charge is 0.412 e. The van der Waals surface area contributed by atoms with E-state index in [1.54, 1.807) is 4.90 Å². The molecule has 0 unspecified atom stereocenters. The second kappa shape index (κ2) is 10.5. The van der Waals surface area contributed by atoms with Crippen LogP contribution in [0.2, 0.25) is 0 Å². The molecule has 0 bridgehead atoms. The molecule has 3 atom stereocenters. The molecule has 1 aliphatic carbocycles. The zero-order valence-electron chi connectivity index (χ0n) is 21.1. The van der Waals surface area contributed by atoms with Crippen molar-refractivity contribution in [2.75, 3.05) is 7.11 Å². The molecule has 1 amide bonds. The van der Waals surface area contributed by atoms with Gasteiger partial charge in [0.1, 0.15) is 12.3 Å².